The number of allylic oxidation sites excluding steroid dienone is 2. The van der Waals surface area contributed by atoms with E-state index in [0.29, 0.717) is 11.1 Å². The molecule has 0 spiro atoms. The lowest BCUT2D eigenvalue weighted by Crippen LogP contribution is -2.34. The third-order valence-corrected chi connectivity index (χ3v) is 4.50. The number of carbonyl (C=O) groups excluding carboxylic acids is 3. The molecule has 3 atom stereocenters. The van der Waals surface area contributed by atoms with Gasteiger partial charge in [0.05, 0.1) is 5.92 Å². The summed E-state index contributed by atoms with van der Waals surface area (Å²) in [7, 11) is 0. The van der Waals surface area contributed by atoms with Crippen LogP contribution in [0.25, 0.3) is 0 Å². The maximum atomic E-state index is 12.2. The number of hydrogen-bond acceptors (Lipinski definition) is 5. The summed E-state index contributed by atoms with van der Waals surface area (Å²) in [6.45, 7) is 9.66. The number of carbonyl (C=O) groups is 3. The average molecular weight is 346 g/mol. The van der Waals surface area contributed by atoms with Gasteiger partial charge in [-0.15, -0.1) is 0 Å². The number of fused-ring (bicyclic) bond motifs is 1. The maximum absolute atomic E-state index is 12.2. The molecule has 136 valence electrons. The van der Waals surface area contributed by atoms with Gasteiger partial charge in [-0.05, 0) is 37.3 Å². The van der Waals surface area contributed by atoms with E-state index in [4.69, 9.17) is 9.47 Å². The van der Waals surface area contributed by atoms with Crippen LogP contribution in [0, 0.1) is 11.8 Å². The number of aldehydes is 1. The van der Waals surface area contributed by atoms with E-state index in [1.165, 1.54) is 0 Å². The first-order chi connectivity index (χ1) is 11.8. The Bertz CT molecular complexity index is 626. The summed E-state index contributed by atoms with van der Waals surface area (Å²) >= 11 is 0. The van der Waals surface area contributed by atoms with Crippen LogP contribution in [0.15, 0.2) is 35.5 Å². The molecule has 5 heteroatoms. The normalized spacial score (nSPS) is 31.3. The Labute approximate surface area is 148 Å². The summed E-state index contributed by atoms with van der Waals surface area (Å²) in [5.74, 6) is -1.12. The fourth-order valence-electron chi connectivity index (χ4n) is 3.23. The molecular weight excluding hydrogens is 320 g/mol. The van der Waals surface area contributed by atoms with Gasteiger partial charge in [0.25, 0.3) is 0 Å². The van der Waals surface area contributed by atoms with Crippen LogP contribution in [0.4, 0.5) is 0 Å². The highest BCUT2D eigenvalue weighted by atomic mass is 16.6. The highest BCUT2D eigenvalue weighted by molar-refractivity contribution is 5.91. The Kier molecular flexibility index (Phi) is 6.34. The molecule has 0 aromatic rings. The van der Waals surface area contributed by atoms with Crippen molar-refractivity contribution in [2.45, 2.75) is 58.7 Å². The van der Waals surface area contributed by atoms with Crippen molar-refractivity contribution in [2.75, 3.05) is 0 Å². The predicted molar refractivity (Wildman–Crippen MR) is 93.6 cm³/mol. The average Bonchev–Trinajstić information content (AvgIpc) is 2.78. The largest absolute Gasteiger partial charge is 0.461 e. The summed E-state index contributed by atoms with van der Waals surface area (Å²) in [6, 6.07) is 0. The SMILES string of the molecule is C=C1C(=O)O[C@@H]2/C=C(\C)CC/C=C(/C=O)C[C@@H](OC(=O)CC(C)C)C12. The van der Waals surface area contributed by atoms with Crippen molar-refractivity contribution in [3.63, 3.8) is 0 Å². The lowest BCUT2D eigenvalue weighted by molar-refractivity contribution is -0.153. The molecule has 2 aliphatic rings. The van der Waals surface area contributed by atoms with E-state index in [1.54, 1.807) is 0 Å². The van der Waals surface area contributed by atoms with Gasteiger partial charge in [-0.3, -0.25) is 9.59 Å². The second kappa shape index (κ2) is 8.28. The summed E-state index contributed by atoms with van der Waals surface area (Å²) in [6.07, 6.45) is 5.45. The molecule has 0 saturated carbocycles. The van der Waals surface area contributed by atoms with Crippen molar-refractivity contribution >= 4 is 18.2 Å². The van der Waals surface area contributed by atoms with Crippen LogP contribution in [-0.2, 0) is 23.9 Å². The van der Waals surface area contributed by atoms with Crippen molar-refractivity contribution < 1.29 is 23.9 Å². The van der Waals surface area contributed by atoms with Crippen molar-refractivity contribution in [1.82, 2.24) is 0 Å². The van der Waals surface area contributed by atoms with E-state index in [2.05, 4.69) is 6.58 Å². The van der Waals surface area contributed by atoms with Crippen molar-refractivity contribution in [2.24, 2.45) is 11.8 Å². The topological polar surface area (TPSA) is 69.7 Å². The Morgan fingerprint density at radius 2 is 2.20 bits per heavy atom. The lowest BCUT2D eigenvalue weighted by Gasteiger charge is -2.27. The van der Waals surface area contributed by atoms with E-state index in [9.17, 15) is 14.4 Å². The zero-order chi connectivity index (χ0) is 18.6. The van der Waals surface area contributed by atoms with Crippen molar-refractivity contribution in [3.8, 4) is 0 Å². The van der Waals surface area contributed by atoms with E-state index >= 15 is 0 Å². The van der Waals surface area contributed by atoms with Crippen LogP contribution in [0.3, 0.4) is 0 Å². The standard InChI is InChI=1S/C20H26O5/c1-12(2)8-18(22)24-17-10-15(11-21)7-5-6-13(3)9-16-19(17)14(4)20(23)25-16/h7,9,11-12,16-17,19H,4-6,8,10H2,1-3H3/b13-9+,15-7+/t16-,17-,19?/m1/s1. The second-order valence-electron chi connectivity index (χ2n) is 7.20. The Hall–Kier alpha value is -2.17. The minimum atomic E-state index is -0.645. The minimum Gasteiger partial charge on any atom is -0.461 e. The van der Waals surface area contributed by atoms with Gasteiger partial charge in [-0.25, -0.2) is 4.79 Å². The highest BCUT2D eigenvalue weighted by Crippen LogP contribution is 2.36. The van der Waals surface area contributed by atoms with Crippen LogP contribution in [0.5, 0.6) is 0 Å². The number of rotatable bonds is 4. The molecular formula is C20H26O5. The summed E-state index contributed by atoms with van der Waals surface area (Å²) in [5.41, 5.74) is 1.93. The monoisotopic (exact) mass is 346 g/mol. The van der Waals surface area contributed by atoms with Gasteiger partial charge in [-0.1, -0.05) is 32.1 Å². The zero-order valence-corrected chi connectivity index (χ0v) is 15.1. The first-order valence-corrected chi connectivity index (χ1v) is 8.72. The van der Waals surface area contributed by atoms with Crippen LogP contribution >= 0.6 is 0 Å². The predicted octanol–water partition coefficient (Wildman–Crippen LogP) is 3.30. The van der Waals surface area contributed by atoms with Gasteiger partial charge >= 0.3 is 11.9 Å². The lowest BCUT2D eigenvalue weighted by atomic mass is 9.85. The molecule has 0 radical (unpaired) electrons. The first-order valence-electron chi connectivity index (χ1n) is 8.72. The molecule has 1 unspecified atom stereocenters. The van der Waals surface area contributed by atoms with Gasteiger partial charge < -0.3 is 9.47 Å². The van der Waals surface area contributed by atoms with Crippen LogP contribution in [-0.4, -0.2) is 30.4 Å². The zero-order valence-electron chi connectivity index (χ0n) is 15.1. The van der Waals surface area contributed by atoms with Crippen LogP contribution in [0.1, 0.15) is 46.5 Å². The molecule has 1 aliphatic heterocycles. The quantitative estimate of drug-likeness (QED) is 0.338. The molecule has 5 nitrogen and oxygen atoms in total. The second-order valence-corrected chi connectivity index (χ2v) is 7.20. The smallest absolute Gasteiger partial charge is 0.334 e. The molecule has 1 heterocycles. The summed E-state index contributed by atoms with van der Waals surface area (Å²) < 4.78 is 11.1. The minimum absolute atomic E-state index is 0.163. The molecule has 0 aromatic heterocycles. The molecule has 0 bridgehead atoms. The van der Waals surface area contributed by atoms with E-state index < -0.39 is 24.1 Å². The number of ether oxygens (including phenoxy) is 2. The number of hydrogen-bond donors (Lipinski definition) is 0. The third kappa shape index (κ3) is 4.91. The van der Waals surface area contributed by atoms with Gasteiger partial charge in [0.15, 0.2) is 0 Å². The van der Waals surface area contributed by atoms with E-state index in [1.807, 2.05) is 32.9 Å². The Morgan fingerprint density at radius 3 is 2.84 bits per heavy atom. The molecule has 1 fully saturated rings. The van der Waals surface area contributed by atoms with Crippen LogP contribution in [0.2, 0.25) is 0 Å². The van der Waals surface area contributed by atoms with Gasteiger partial charge in [0.1, 0.15) is 18.5 Å². The van der Waals surface area contributed by atoms with Crippen molar-refractivity contribution in [3.05, 3.63) is 35.5 Å². The van der Waals surface area contributed by atoms with Gasteiger partial charge in [-0.2, -0.15) is 0 Å². The van der Waals surface area contributed by atoms with Crippen LogP contribution < -0.4 is 0 Å². The molecule has 1 aliphatic carbocycles. The Morgan fingerprint density at radius 1 is 1.48 bits per heavy atom. The van der Waals surface area contributed by atoms with Gasteiger partial charge in [0.2, 0.25) is 0 Å². The molecule has 0 aromatic carbocycles. The van der Waals surface area contributed by atoms with Gasteiger partial charge in [0, 0.05) is 18.4 Å². The molecule has 0 amide bonds. The number of esters is 2. The maximum Gasteiger partial charge on any atom is 0.334 e. The molecule has 0 N–H and O–H groups in total. The fraction of sp³-hybridized carbons (Fsp3) is 0.550. The van der Waals surface area contributed by atoms with E-state index in [0.717, 1.165) is 24.7 Å². The molecule has 2 rings (SSSR count). The molecule has 25 heavy (non-hydrogen) atoms. The fourth-order valence-corrected chi connectivity index (χ4v) is 3.23. The highest BCUT2D eigenvalue weighted by Gasteiger charge is 2.44. The molecule has 1 saturated heterocycles. The summed E-state index contributed by atoms with van der Waals surface area (Å²) in [4.78, 5) is 35.6. The van der Waals surface area contributed by atoms with Crippen molar-refractivity contribution in [1.29, 1.82) is 0 Å². The summed E-state index contributed by atoms with van der Waals surface area (Å²) in [5, 5.41) is 0. The third-order valence-electron chi connectivity index (χ3n) is 4.50. The Balaban J connectivity index is 2.35. The first kappa shape index (κ1) is 19.2. The van der Waals surface area contributed by atoms with E-state index in [-0.39, 0.29) is 24.7 Å².